The van der Waals surface area contributed by atoms with Crippen LogP contribution < -0.4 is 0 Å². The summed E-state index contributed by atoms with van der Waals surface area (Å²) >= 11 is 12.1. The molecule has 0 radical (unpaired) electrons. The Labute approximate surface area is 165 Å². The lowest BCUT2D eigenvalue weighted by molar-refractivity contribution is -0.137. The van der Waals surface area contributed by atoms with Gasteiger partial charge in [0.1, 0.15) is 6.54 Å². The molecule has 138 valence electrons. The third-order valence-corrected chi connectivity index (χ3v) is 5.34. The molecule has 0 unspecified atom stereocenters. The van der Waals surface area contributed by atoms with Gasteiger partial charge in [0.05, 0.1) is 5.52 Å². The Kier molecular flexibility index (Phi) is 4.58. The van der Waals surface area contributed by atoms with Crippen LogP contribution in [0.1, 0.15) is 21.6 Å². The summed E-state index contributed by atoms with van der Waals surface area (Å²) in [5.74, 6) is -0.997. The molecule has 2 aromatic carbocycles. The maximum absolute atomic E-state index is 12.9. The molecule has 0 atom stereocenters. The van der Waals surface area contributed by atoms with Crippen molar-refractivity contribution in [2.45, 2.75) is 19.5 Å². The van der Waals surface area contributed by atoms with E-state index in [4.69, 9.17) is 23.2 Å². The summed E-state index contributed by atoms with van der Waals surface area (Å²) in [6.07, 6.45) is 0.585. The van der Waals surface area contributed by atoms with Crippen molar-refractivity contribution in [2.24, 2.45) is 0 Å². The second-order valence-electron chi connectivity index (χ2n) is 6.55. The van der Waals surface area contributed by atoms with Gasteiger partial charge in [0.25, 0.3) is 5.91 Å². The Morgan fingerprint density at radius 1 is 1.07 bits per heavy atom. The van der Waals surface area contributed by atoms with Crippen LogP contribution in [0.2, 0.25) is 10.0 Å². The van der Waals surface area contributed by atoms with Gasteiger partial charge in [0.15, 0.2) is 0 Å². The smallest absolute Gasteiger partial charge is 0.323 e. The van der Waals surface area contributed by atoms with Crippen molar-refractivity contribution in [2.75, 3.05) is 6.54 Å². The summed E-state index contributed by atoms with van der Waals surface area (Å²) in [7, 11) is 0. The maximum Gasteiger partial charge on any atom is 0.323 e. The van der Waals surface area contributed by atoms with E-state index < -0.39 is 5.97 Å². The first-order valence-electron chi connectivity index (χ1n) is 8.50. The fourth-order valence-corrected chi connectivity index (χ4v) is 4.07. The quantitative estimate of drug-likeness (QED) is 0.712. The first kappa shape index (κ1) is 17.9. The van der Waals surface area contributed by atoms with Crippen molar-refractivity contribution >= 4 is 46.0 Å². The molecule has 1 aromatic heterocycles. The Balaban J connectivity index is 1.75. The summed E-state index contributed by atoms with van der Waals surface area (Å²) in [5, 5.41) is 11.3. The Morgan fingerprint density at radius 2 is 1.85 bits per heavy atom. The molecule has 2 heterocycles. The van der Waals surface area contributed by atoms with E-state index in [1.54, 1.807) is 45.9 Å². The van der Waals surface area contributed by atoms with Crippen LogP contribution in [-0.2, 0) is 24.3 Å². The van der Waals surface area contributed by atoms with Gasteiger partial charge in [0.2, 0.25) is 0 Å². The van der Waals surface area contributed by atoms with Gasteiger partial charge in [-0.2, -0.15) is 0 Å². The molecule has 1 aliphatic heterocycles. The summed E-state index contributed by atoms with van der Waals surface area (Å²) in [6, 6.07) is 12.3. The molecular formula is C20H16Cl2N2O3. The molecule has 27 heavy (non-hydrogen) atoms. The van der Waals surface area contributed by atoms with Gasteiger partial charge < -0.3 is 14.6 Å². The number of carbonyl (C=O) groups is 2. The van der Waals surface area contributed by atoms with Crippen LogP contribution in [0.3, 0.4) is 0 Å². The topological polar surface area (TPSA) is 62.5 Å². The highest BCUT2D eigenvalue weighted by molar-refractivity contribution is 6.31. The van der Waals surface area contributed by atoms with Gasteiger partial charge >= 0.3 is 5.97 Å². The van der Waals surface area contributed by atoms with Gasteiger partial charge in [-0.25, -0.2) is 0 Å². The number of carboxylic acid groups (broad SMARTS) is 1. The van der Waals surface area contributed by atoms with E-state index in [0.29, 0.717) is 35.1 Å². The lowest BCUT2D eigenvalue weighted by Crippen LogP contribution is -2.36. The molecule has 1 amide bonds. The molecule has 0 saturated carbocycles. The number of nitrogens with zero attached hydrogens (tertiary/aromatic N) is 2. The fraction of sp³-hybridized carbons (Fsp3) is 0.200. The zero-order chi connectivity index (χ0) is 19.1. The number of carbonyl (C=O) groups excluding carboxylic acids is 1. The Bertz CT molecular complexity index is 1070. The summed E-state index contributed by atoms with van der Waals surface area (Å²) in [4.78, 5) is 26.0. The summed E-state index contributed by atoms with van der Waals surface area (Å²) < 4.78 is 1.79. The predicted molar refractivity (Wildman–Crippen MR) is 104 cm³/mol. The van der Waals surface area contributed by atoms with E-state index in [0.717, 1.165) is 22.2 Å². The molecule has 0 saturated heterocycles. The minimum absolute atomic E-state index is 0.0868. The first-order chi connectivity index (χ1) is 12.9. The molecule has 0 aliphatic carbocycles. The van der Waals surface area contributed by atoms with Crippen LogP contribution in [0.5, 0.6) is 0 Å². The number of aromatic nitrogens is 1. The van der Waals surface area contributed by atoms with Crippen molar-refractivity contribution in [3.8, 4) is 0 Å². The van der Waals surface area contributed by atoms with Crippen LogP contribution >= 0.6 is 23.2 Å². The van der Waals surface area contributed by atoms with Gasteiger partial charge in [-0.05, 0) is 30.3 Å². The van der Waals surface area contributed by atoms with Crippen LogP contribution in [0, 0.1) is 0 Å². The minimum atomic E-state index is -0.910. The van der Waals surface area contributed by atoms with Gasteiger partial charge in [-0.3, -0.25) is 9.59 Å². The highest BCUT2D eigenvalue weighted by Gasteiger charge is 2.28. The van der Waals surface area contributed by atoms with Crippen LogP contribution in [-0.4, -0.2) is 33.0 Å². The molecule has 1 N–H and O–H groups in total. The number of carboxylic acids is 1. The molecule has 5 nitrogen and oxygen atoms in total. The highest BCUT2D eigenvalue weighted by atomic mass is 35.5. The average Bonchev–Trinajstić information content (AvgIpc) is 2.93. The molecule has 0 bridgehead atoms. The van der Waals surface area contributed by atoms with E-state index in [9.17, 15) is 14.7 Å². The number of benzene rings is 2. The van der Waals surface area contributed by atoms with E-state index in [-0.39, 0.29) is 12.5 Å². The fourth-order valence-electron chi connectivity index (χ4n) is 3.71. The minimum Gasteiger partial charge on any atom is -0.480 e. The average molecular weight is 403 g/mol. The molecule has 3 aromatic rings. The lowest BCUT2D eigenvalue weighted by Gasteiger charge is -2.28. The van der Waals surface area contributed by atoms with E-state index >= 15 is 0 Å². The second-order valence-corrected chi connectivity index (χ2v) is 7.43. The zero-order valence-corrected chi connectivity index (χ0v) is 15.8. The number of aliphatic carboxylic acids is 1. The molecule has 0 fully saturated rings. The number of rotatable bonds is 3. The standard InChI is InChI=1S/C20H16Cl2N2O3/c21-13-3-1-2-12(8-13)20(27)23-7-6-17-16(10-23)15-5-4-14(22)9-18(15)24(17)11-19(25)26/h1-5,8-9H,6-7,10-11H2,(H,25,26). The molecule has 1 aliphatic rings. The van der Waals surface area contributed by atoms with Crippen LogP contribution in [0.15, 0.2) is 42.5 Å². The van der Waals surface area contributed by atoms with E-state index in [1.807, 2.05) is 6.07 Å². The number of amides is 1. The van der Waals surface area contributed by atoms with Gasteiger partial charge in [-0.1, -0.05) is 35.3 Å². The first-order valence-corrected chi connectivity index (χ1v) is 9.26. The molecule has 4 rings (SSSR count). The SMILES string of the molecule is O=C(O)Cn1c2c(c3ccc(Cl)cc31)CN(C(=O)c1cccc(Cl)c1)CC2. The third-order valence-electron chi connectivity index (χ3n) is 4.87. The number of halogens is 2. The van der Waals surface area contributed by atoms with Crippen molar-refractivity contribution in [1.29, 1.82) is 0 Å². The monoisotopic (exact) mass is 402 g/mol. The van der Waals surface area contributed by atoms with Crippen LogP contribution in [0.4, 0.5) is 0 Å². The van der Waals surface area contributed by atoms with Crippen molar-refractivity contribution < 1.29 is 14.7 Å². The maximum atomic E-state index is 12.9. The molecular weight excluding hydrogens is 387 g/mol. The van der Waals surface area contributed by atoms with Crippen molar-refractivity contribution in [3.63, 3.8) is 0 Å². The van der Waals surface area contributed by atoms with E-state index in [2.05, 4.69) is 0 Å². The largest absolute Gasteiger partial charge is 0.480 e. The third kappa shape index (κ3) is 3.29. The molecule has 0 spiro atoms. The number of hydrogen-bond acceptors (Lipinski definition) is 2. The molecule has 7 heteroatoms. The Hall–Kier alpha value is -2.50. The normalized spacial score (nSPS) is 13.6. The summed E-state index contributed by atoms with van der Waals surface area (Å²) in [6.45, 7) is 0.807. The van der Waals surface area contributed by atoms with E-state index in [1.165, 1.54) is 0 Å². The summed E-state index contributed by atoms with van der Waals surface area (Å²) in [5.41, 5.74) is 3.25. The van der Waals surface area contributed by atoms with Gasteiger partial charge in [-0.15, -0.1) is 0 Å². The zero-order valence-electron chi connectivity index (χ0n) is 14.3. The lowest BCUT2D eigenvalue weighted by atomic mass is 10.0. The predicted octanol–water partition coefficient (Wildman–Crippen LogP) is 4.23. The van der Waals surface area contributed by atoms with Crippen molar-refractivity contribution in [3.05, 3.63) is 69.3 Å². The number of hydrogen-bond donors (Lipinski definition) is 1. The Morgan fingerprint density at radius 3 is 2.59 bits per heavy atom. The number of fused-ring (bicyclic) bond motifs is 3. The van der Waals surface area contributed by atoms with Crippen LogP contribution in [0.25, 0.3) is 10.9 Å². The van der Waals surface area contributed by atoms with Gasteiger partial charge in [0, 0.05) is 51.8 Å². The second kappa shape index (κ2) is 6.91. The van der Waals surface area contributed by atoms with Crippen molar-refractivity contribution in [1.82, 2.24) is 9.47 Å². The highest BCUT2D eigenvalue weighted by Crippen LogP contribution is 2.33.